The van der Waals surface area contributed by atoms with Gasteiger partial charge in [-0.1, -0.05) is 25.1 Å². The average Bonchev–Trinajstić information content (AvgIpc) is 2.52. The highest BCUT2D eigenvalue weighted by atomic mass is 16.4. The van der Waals surface area contributed by atoms with E-state index < -0.39 is 0 Å². The fraction of sp³-hybridized carbons (Fsp3) is 0.700. The molecule has 2 nitrogen and oxygen atoms in total. The number of hydrogen-bond donors (Lipinski definition) is 1. The second-order valence-corrected chi connectivity index (χ2v) is 4.55. The van der Waals surface area contributed by atoms with Gasteiger partial charge in [0.1, 0.15) is 0 Å². The summed E-state index contributed by atoms with van der Waals surface area (Å²) in [5, 5.41) is 12.0. The summed E-state index contributed by atoms with van der Waals surface area (Å²) in [5.74, 6) is 1.44. The van der Waals surface area contributed by atoms with Crippen LogP contribution in [0.4, 0.5) is 0 Å². The summed E-state index contributed by atoms with van der Waals surface area (Å²) < 4.78 is 0. The minimum atomic E-state index is 0.438. The summed E-state index contributed by atoms with van der Waals surface area (Å²) >= 11 is 0. The monoisotopic (exact) mass is 165 g/mol. The van der Waals surface area contributed by atoms with Crippen LogP contribution in [-0.2, 0) is 0 Å². The number of rotatable bonds is 0. The van der Waals surface area contributed by atoms with Crippen LogP contribution in [0.2, 0.25) is 0 Å². The van der Waals surface area contributed by atoms with Crippen molar-refractivity contribution in [3.05, 3.63) is 11.6 Å². The maximum atomic E-state index is 8.72. The van der Waals surface area contributed by atoms with Crippen LogP contribution in [0.1, 0.15) is 27.2 Å². The van der Waals surface area contributed by atoms with Gasteiger partial charge in [-0.3, -0.25) is 0 Å². The Kier molecular flexibility index (Phi) is 1.39. The summed E-state index contributed by atoms with van der Waals surface area (Å²) in [5.41, 5.74) is 2.47. The van der Waals surface area contributed by atoms with Crippen LogP contribution in [0, 0.1) is 17.3 Å². The first-order chi connectivity index (χ1) is 5.57. The standard InChI is InChI=1S/C10H15NO/c1-6-4-7-8(10(7,2)3)5-9(6)11-12/h4,7-8,12H,5H2,1-3H3/t7-,8+/m0/s1. The Morgan fingerprint density at radius 3 is 2.83 bits per heavy atom. The Balaban J connectivity index is 2.28. The maximum Gasteiger partial charge on any atom is 0.0824 e. The normalized spacial score (nSPS) is 40.6. The van der Waals surface area contributed by atoms with Gasteiger partial charge >= 0.3 is 0 Å². The highest BCUT2D eigenvalue weighted by Gasteiger charge is 2.57. The Labute approximate surface area is 73.0 Å². The number of hydrogen-bond acceptors (Lipinski definition) is 2. The van der Waals surface area contributed by atoms with Gasteiger partial charge in [0.15, 0.2) is 0 Å². The molecule has 0 amide bonds. The van der Waals surface area contributed by atoms with Crippen molar-refractivity contribution in [3.63, 3.8) is 0 Å². The molecular formula is C10H15NO. The molecule has 0 saturated heterocycles. The van der Waals surface area contributed by atoms with Crippen molar-refractivity contribution in [1.82, 2.24) is 0 Å². The molecule has 1 saturated carbocycles. The molecule has 1 fully saturated rings. The molecule has 1 N–H and O–H groups in total. The van der Waals surface area contributed by atoms with E-state index in [4.69, 9.17) is 5.21 Å². The molecule has 2 aliphatic rings. The second kappa shape index (κ2) is 2.12. The largest absolute Gasteiger partial charge is 0.411 e. The van der Waals surface area contributed by atoms with Crippen molar-refractivity contribution in [2.24, 2.45) is 22.4 Å². The van der Waals surface area contributed by atoms with Crippen LogP contribution in [0.5, 0.6) is 0 Å². The minimum Gasteiger partial charge on any atom is -0.411 e. The van der Waals surface area contributed by atoms with E-state index in [0.717, 1.165) is 23.6 Å². The van der Waals surface area contributed by atoms with E-state index >= 15 is 0 Å². The molecule has 0 unspecified atom stereocenters. The summed E-state index contributed by atoms with van der Waals surface area (Å²) in [6.45, 7) is 6.60. The Bertz CT molecular complexity index is 276. The summed E-state index contributed by atoms with van der Waals surface area (Å²) in [6, 6.07) is 0. The molecule has 2 atom stereocenters. The van der Waals surface area contributed by atoms with Gasteiger partial charge in [-0.2, -0.15) is 0 Å². The highest BCUT2D eigenvalue weighted by molar-refractivity contribution is 6.00. The highest BCUT2D eigenvalue weighted by Crippen LogP contribution is 2.63. The SMILES string of the molecule is CC1=C[C@H]2[C@@H](CC1=NO)C2(C)C. The molecule has 66 valence electrons. The molecule has 0 bridgehead atoms. The van der Waals surface area contributed by atoms with Crippen molar-refractivity contribution in [2.75, 3.05) is 0 Å². The first-order valence-electron chi connectivity index (χ1n) is 4.47. The summed E-state index contributed by atoms with van der Waals surface area (Å²) in [6.07, 6.45) is 3.21. The lowest BCUT2D eigenvalue weighted by atomic mass is 9.99. The predicted octanol–water partition coefficient (Wildman–Crippen LogP) is 2.44. The number of allylic oxidation sites excluding steroid dienone is 2. The van der Waals surface area contributed by atoms with Gasteiger partial charge < -0.3 is 5.21 Å². The Morgan fingerprint density at radius 2 is 2.25 bits per heavy atom. The first kappa shape index (κ1) is 7.84. The van der Waals surface area contributed by atoms with Crippen molar-refractivity contribution in [3.8, 4) is 0 Å². The topological polar surface area (TPSA) is 32.6 Å². The lowest BCUT2D eigenvalue weighted by molar-refractivity contribution is 0.317. The molecule has 0 aliphatic heterocycles. The lowest BCUT2D eigenvalue weighted by Crippen LogP contribution is -2.07. The summed E-state index contributed by atoms with van der Waals surface area (Å²) in [7, 11) is 0. The molecule has 0 aromatic carbocycles. The van der Waals surface area contributed by atoms with E-state index in [-0.39, 0.29) is 0 Å². The van der Waals surface area contributed by atoms with Crippen LogP contribution in [0.3, 0.4) is 0 Å². The first-order valence-corrected chi connectivity index (χ1v) is 4.47. The van der Waals surface area contributed by atoms with Crippen molar-refractivity contribution >= 4 is 5.71 Å². The van der Waals surface area contributed by atoms with Crippen LogP contribution in [0.25, 0.3) is 0 Å². The smallest absolute Gasteiger partial charge is 0.0824 e. The maximum absolute atomic E-state index is 8.72. The van der Waals surface area contributed by atoms with Crippen molar-refractivity contribution in [2.45, 2.75) is 27.2 Å². The zero-order valence-electron chi connectivity index (χ0n) is 7.83. The zero-order valence-corrected chi connectivity index (χ0v) is 7.83. The molecule has 2 rings (SSSR count). The summed E-state index contributed by atoms with van der Waals surface area (Å²) in [4.78, 5) is 0. The second-order valence-electron chi connectivity index (χ2n) is 4.55. The zero-order chi connectivity index (χ0) is 8.93. The number of oxime groups is 1. The number of fused-ring (bicyclic) bond motifs is 1. The van der Waals surface area contributed by atoms with E-state index in [2.05, 4.69) is 25.1 Å². The third-order valence-corrected chi connectivity index (χ3v) is 3.56. The van der Waals surface area contributed by atoms with Gasteiger partial charge in [0.05, 0.1) is 5.71 Å². The lowest BCUT2D eigenvalue weighted by Gasteiger charge is -2.08. The fourth-order valence-corrected chi connectivity index (χ4v) is 2.36. The van der Waals surface area contributed by atoms with E-state index in [1.54, 1.807) is 0 Å². The van der Waals surface area contributed by atoms with E-state index in [1.165, 1.54) is 0 Å². The molecule has 2 heteroatoms. The third kappa shape index (κ3) is 0.838. The average molecular weight is 165 g/mol. The van der Waals surface area contributed by atoms with E-state index in [0.29, 0.717) is 11.3 Å². The third-order valence-electron chi connectivity index (χ3n) is 3.56. The van der Waals surface area contributed by atoms with Gasteiger partial charge in [-0.25, -0.2) is 0 Å². The quantitative estimate of drug-likeness (QED) is 0.434. The predicted molar refractivity (Wildman–Crippen MR) is 48.4 cm³/mol. The van der Waals surface area contributed by atoms with Gasteiger partial charge in [0.2, 0.25) is 0 Å². The molecule has 0 aromatic heterocycles. The number of nitrogens with zero attached hydrogens (tertiary/aromatic N) is 1. The Morgan fingerprint density at radius 1 is 1.58 bits per heavy atom. The molecule has 2 aliphatic carbocycles. The van der Waals surface area contributed by atoms with Gasteiger partial charge in [0.25, 0.3) is 0 Å². The molecule has 12 heavy (non-hydrogen) atoms. The van der Waals surface area contributed by atoms with Crippen molar-refractivity contribution < 1.29 is 5.21 Å². The molecule has 0 spiro atoms. The van der Waals surface area contributed by atoms with Gasteiger partial charge in [0, 0.05) is 0 Å². The molecule has 0 radical (unpaired) electrons. The molecular weight excluding hydrogens is 150 g/mol. The van der Waals surface area contributed by atoms with Crippen LogP contribution < -0.4 is 0 Å². The van der Waals surface area contributed by atoms with Crippen LogP contribution >= 0.6 is 0 Å². The van der Waals surface area contributed by atoms with E-state index in [9.17, 15) is 0 Å². The molecule has 0 heterocycles. The van der Waals surface area contributed by atoms with Gasteiger partial charge in [-0.15, -0.1) is 0 Å². The van der Waals surface area contributed by atoms with Crippen LogP contribution in [0.15, 0.2) is 16.8 Å². The molecule has 0 aromatic rings. The fourth-order valence-electron chi connectivity index (χ4n) is 2.36. The van der Waals surface area contributed by atoms with Crippen LogP contribution in [-0.4, -0.2) is 10.9 Å². The Hall–Kier alpha value is -0.790. The van der Waals surface area contributed by atoms with Gasteiger partial charge in [-0.05, 0) is 36.2 Å². The van der Waals surface area contributed by atoms with E-state index in [1.807, 2.05) is 6.92 Å². The van der Waals surface area contributed by atoms with Crippen molar-refractivity contribution in [1.29, 1.82) is 0 Å². The minimum absolute atomic E-state index is 0.438.